The summed E-state index contributed by atoms with van der Waals surface area (Å²) in [6, 6.07) is 0. The Morgan fingerprint density at radius 3 is 3.06 bits per heavy atom. The molecule has 1 aromatic rings. The van der Waals surface area contributed by atoms with Crippen LogP contribution in [0.15, 0.2) is 9.52 Å². The van der Waals surface area contributed by atoms with E-state index in [4.69, 9.17) is 4.52 Å². The molecule has 0 bridgehead atoms. The predicted octanol–water partition coefficient (Wildman–Crippen LogP) is 1.19. The fourth-order valence-electron chi connectivity index (χ4n) is 2.28. The van der Waals surface area contributed by atoms with Gasteiger partial charge < -0.3 is 14.7 Å². The molecule has 0 radical (unpaired) electrons. The molecule has 0 aromatic carbocycles. The summed E-state index contributed by atoms with van der Waals surface area (Å²) < 4.78 is 5.07. The first-order valence-corrected chi connectivity index (χ1v) is 6.44. The molecule has 1 aliphatic heterocycles. The molecular formula is C12H21N5O. The van der Waals surface area contributed by atoms with Gasteiger partial charge in [-0.1, -0.05) is 12.1 Å². The highest BCUT2D eigenvalue weighted by Crippen LogP contribution is 2.15. The third kappa shape index (κ3) is 3.21. The Morgan fingerprint density at radius 2 is 2.44 bits per heavy atom. The maximum absolute atomic E-state index is 5.07. The molecule has 1 atom stereocenters. The van der Waals surface area contributed by atoms with Gasteiger partial charge in [-0.25, -0.2) is 0 Å². The summed E-state index contributed by atoms with van der Waals surface area (Å²) >= 11 is 0. The smallest absolute Gasteiger partial charge is 0.246 e. The first-order chi connectivity index (χ1) is 8.69. The lowest BCUT2D eigenvalue weighted by Crippen LogP contribution is -2.45. The Balaban J connectivity index is 1.89. The summed E-state index contributed by atoms with van der Waals surface area (Å²) in [4.78, 5) is 10.8. The molecule has 0 amide bonds. The normalized spacial score (nSPS) is 21.2. The molecule has 1 aliphatic rings. The number of likely N-dealkylation sites (tertiary alicyclic amines) is 1. The average Bonchev–Trinajstić information content (AvgIpc) is 2.76. The number of rotatable bonds is 2. The largest absolute Gasteiger partial charge is 0.347 e. The van der Waals surface area contributed by atoms with Gasteiger partial charge in [-0.2, -0.15) is 4.98 Å². The van der Waals surface area contributed by atoms with E-state index in [1.54, 1.807) is 7.05 Å². The van der Waals surface area contributed by atoms with Crippen LogP contribution in [0.5, 0.6) is 0 Å². The lowest BCUT2D eigenvalue weighted by atomic mass is 10.0. The highest BCUT2D eigenvalue weighted by molar-refractivity contribution is 5.79. The van der Waals surface area contributed by atoms with Crippen LogP contribution in [0.3, 0.4) is 0 Å². The molecular weight excluding hydrogens is 230 g/mol. The molecule has 0 spiro atoms. The van der Waals surface area contributed by atoms with Gasteiger partial charge in [0.25, 0.3) is 0 Å². The van der Waals surface area contributed by atoms with Gasteiger partial charge in [0.1, 0.15) is 0 Å². The van der Waals surface area contributed by atoms with Crippen LogP contribution in [-0.2, 0) is 6.54 Å². The highest BCUT2D eigenvalue weighted by Gasteiger charge is 2.19. The first kappa shape index (κ1) is 12.9. The molecule has 1 N–H and O–H groups in total. The monoisotopic (exact) mass is 251 g/mol. The van der Waals surface area contributed by atoms with Gasteiger partial charge in [0, 0.05) is 20.1 Å². The van der Waals surface area contributed by atoms with E-state index in [0.717, 1.165) is 25.0 Å². The average molecular weight is 251 g/mol. The molecule has 6 heteroatoms. The Bertz CT molecular complexity index is 414. The summed E-state index contributed by atoms with van der Waals surface area (Å²) in [6.07, 6.45) is 2.53. The minimum atomic E-state index is 0.526. The number of aliphatic imine (C=N–C) groups is 1. The zero-order chi connectivity index (χ0) is 13.0. The number of nitrogens with zero attached hydrogens (tertiary/aromatic N) is 4. The Labute approximate surface area is 107 Å². The van der Waals surface area contributed by atoms with Gasteiger partial charge in [-0.15, -0.1) is 0 Å². The Morgan fingerprint density at radius 1 is 1.61 bits per heavy atom. The molecule has 6 nitrogen and oxygen atoms in total. The summed E-state index contributed by atoms with van der Waals surface area (Å²) in [7, 11) is 1.81. The van der Waals surface area contributed by atoms with Gasteiger partial charge >= 0.3 is 0 Å². The van der Waals surface area contributed by atoms with E-state index < -0.39 is 0 Å². The van der Waals surface area contributed by atoms with E-state index in [2.05, 4.69) is 32.3 Å². The van der Waals surface area contributed by atoms with E-state index >= 15 is 0 Å². The van der Waals surface area contributed by atoms with Crippen molar-refractivity contribution in [1.82, 2.24) is 20.4 Å². The maximum atomic E-state index is 5.07. The summed E-state index contributed by atoms with van der Waals surface area (Å²) in [5.74, 6) is 2.90. The van der Waals surface area contributed by atoms with Crippen LogP contribution in [0.1, 0.15) is 31.5 Å². The fourth-order valence-corrected chi connectivity index (χ4v) is 2.28. The van der Waals surface area contributed by atoms with Crippen molar-refractivity contribution in [3.05, 3.63) is 11.7 Å². The molecule has 0 saturated carbocycles. The third-order valence-corrected chi connectivity index (χ3v) is 3.14. The molecule has 1 saturated heterocycles. The maximum Gasteiger partial charge on any atom is 0.246 e. The van der Waals surface area contributed by atoms with Gasteiger partial charge in [0.2, 0.25) is 5.89 Å². The van der Waals surface area contributed by atoms with Crippen LogP contribution in [0, 0.1) is 12.8 Å². The molecule has 2 heterocycles. The van der Waals surface area contributed by atoms with E-state index in [9.17, 15) is 0 Å². The van der Waals surface area contributed by atoms with E-state index in [1.165, 1.54) is 12.8 Å². The van der Waals surface area contributed by atoms with Crippen LogP contribution in [0.2, 0.25) is 0 Å². The number of hydrogen-bond donors (Lipinski definition) is 1. The summed E-state index contributed by atoms with van der Waals surface area (Å²) in [6.45, 7) is 6.74. The van der Waals surface area contributed by atoms with Crippen molar-refractivity contribution in [2.45, 2.75) is 33.2 Å². The quantitative estimate of drug-likeness (QED) is 0.631. The molecule has 100 valence electrons. The molecule has 2 rings (SSSR count). The van der Waals surface area contributed by atoms with Crippen molar-refractivity contribution < 1.29 is 4.52 Å². The number of hydrogen-bond acceptors (Lipinski definition) is 4. The standard InChI is InChI=1S/C12H21N5O/c1-9-5-4-6-17(8-9)12(13-3)14-7-11-15-10(2)16-18-11/h9H,4-8H2,1-3H3,(H,13,14). The molecule has 18 heavy (non-hydrogen) atoms. The second kappa shape index (κ2) is 5.84. The van der Waals surface area contributed by atoms with Crippen LogP contribution in [0.25, 0.3) is 0 Å². The van der Waals surface area contributed by atoms with Crippen molar-refractivity contribution in [1.29, 1.82) is 0 Å². The Hall–Kier alpha value is -1.59. The summed E-state index contributed by atoms with van der Waals surface area (Å²) in [5, 5.41) is 7.03. The lowest BCUT2D eigenvalue weighted by molar-refractivity contribution is 0.264. The summed E-state index contributed by atoms with van der Waals surface area (Å²) in [5.41, 5.74) is 0. The van der Waals surface area contributed by atoms with Crippen molar-refractivity contribution in [2.24, 2.45) is 10.9 Å². The van der Waals surface area contributed by atoms with E-state index in [-0.39, 0.29) is 0 Å². The zero-order valence-electron chi connectivity index (χ0n) is 11.3. The topological polar surface area (TPSA) is 66.5 Å². The molecule has 1 aromatic heterocycles. The SMILES string of the molecule is CN=C(NCc1nc(C)no1)N1CCCC(C)C1. The fraction of sp³-hybridized carbons (Fsp3) is 0.750. The van der Waals surface area contributed by atoms with Crippen molar-refractivity contribution in [3.63, 3.8) is 0 Å². The van der Waals surface area contributed by atoms with Crippen LogP contribution in [0.4, 0.5) is 0 Å². The molecule has 1 unspecified atom stereocenters. The van der Waals surface area contributed by atoms with Crippen LogP contribution < -0.4 is 5.32 Å². The first-order valence-electron chi connectivity index (χ1n) is 6.44. The van der Waals surface area contributed by atoms with Crippen molar-refractivity contribution >= 4 is 5.96 Å². The van der Waals surface area contributed by atoms with Gasteiger partial charge in [0.05, 0.1) is 6.54 Å². The number of piperidine rings is 1. The third-order valence-electron chi connectivity index (χ3n) is 3.14. The Kier molecular flexibility index (Phi) is 4.17. The van der Waals surface area contributed by atoms with Crippen LogP contribution in [-0.4, -0.2) is 41.1 Å². The number of nitrogens with one attached hydrogen (secondary N) is 1. The number of guanidine groups is 1. The second-order valence-electron chi connectivity index (χ2n) is 4.83. The lowest BCUT2D eigenvalue weighted by Gasteiger charge is -2.33. The van der Waals surface area contributed by atoms with Crippen LogP contribution >= 0.6 is 0 Å². The minimum Gasteiger partial charge on any atom is -0.347 e. The minimum absolute atomic E-state index is 0.526. The zero-order valence-corrected chi connectivity index (χ0v) is 11.3. The van der Waals surface area contributed by atoms with Gasteiger partial charge in [0.15, 0.2) is 11.8 Å². The highest BCUT2D eigenvalue weighted by atomic mass is 16.5. The van der Waals surface area contributed by atoms with E-state index in [1.807, 2.05) is 6.92 Å². The van der Waals surface area contributed by atoms with Gasteiger partial charge in [-0.3, -0.25) is 4.99 Å². The van der Waals surface area contributed by atoms with Gasteiger partial charge in [-0.05, 0) is 25.7 Å². The van der Waals surface area contributed by atoms with Crippen molar-refractivity contribution in [3.8, 4) is 0 Å². The number of aromatic nitrogens is 2. The van der Waals surface area contributed by atoms with Crippen molar-refractivity contribution in [2.75, 3.05) is 20.1 Å². The van der Waals surface area contributed by atoms with E-state index in [0.29, 0.717) is 18.3 Å². The second-order valence-corrected chi connectivity index (χ2v) is 4.83. The molecule has 0 aliphatic carbocycles. The number of aryl methyl sites for hydroxylation is 1. The molecule has 1 fully saturated rings. The predicted molar refractivity (Wildman–Crippen MR) is 69.2 cm³/mol.